The van der Waals surface area contributed by atoms with E-state index in [1.165, 1.54) is 12.8 Å². The molecule has 6 nitrogen and oxygen atoms in total. The predicted octanol–water partition coefficient (Wildman–Crippen LogP) is 3.60. The molecule has 2 bridgehead atoms. The lowest BCUT2D eigenvalue weighted by Crippen LogP contribution is -2.48. The molecule has 0 saturated carbocycles. The molecule has 1 N–H and O–H groups in total. The van der Waals surface area contributed by atoms with E-state index in [1.54, 1.807) is 0 Å². The monoisotopic (exact) mass is 427 g/mol. The van der Waals surface area contributed by atoms with Crippen LogP contribution in [0.2, 0.25) is 0 Å². The first-order valence-electron chi connectivity index (χ1n) is 10.8. The highest BCUT2D eigenvalue weighted by Crippen LogP contribution is 2.30. The van der Waals surface area contributed by atoms with Gasteiger partial charge in [-0.2, -0.15) is 5.10 Å². The summed E-state index contributed by atoms with van der Waals surface area (Å²) in [7, 11) is 1.99. The zero-order valence-electron chi connectivity index (χ0n) is 17.9. The number of nitrogens with zero attached hydrogens (tertiary/aromatic N) is 4. The molecule has 2 saturated heterocycles. The van der Waals surface area contributed by atoms with Gasteiger partial charge in [0.15, 0.2) is 5.65 Å². The van der Waals surface area contributed by atoms with E-state index < -0.39 is 0 Å². The molecule has 2 aromatic heterocycles. The SMILES string of the molecule is Cc1nc2c3ccccc3nn2c(C)c1CCC(=O)N(C)C1CC2CCC(C1)N2.Cl. The largest absolute Gasteiger partial charge is 0.343 e. The molecule has 0 radical (unpaired) electrons. The van der Waals surface area contributed by atoms with Gasteiger partial charge in [0.25, 0.3) is 0 Å². The Kier molecular flexibility index (Phi) is 5.73. The Morgan fingerprint density at radius 2 is 1.90 bits per heavy atom. The van der Waals surface area contributed by atoms with E-state index in [2.05, 4.69) is 18.3 Å². The van der Waals surface area contributed by atoms with Gasteiger partial charge in [-0.3, -0.25) is 4.79 Å². The van der Waals surface area contributed by atoms with Crippen LogP contribution in [0, 0.1) is 13.8 Å². The highest BCUT2D eigenvalue weighted by molar-refractivity contribution is 5.92. The van der Waals surface area contributed by atoms with Gasteiger partial charge in [-0.05, 0) is 63.6 Å². The predicted molar refractivity (Wildman–Crippen MR) is 121 cm³/mol. The minimum atomic E-state index is 0. The maximum Gasteiger partial charge on any atom is 0.222 e. The molecule has 4 heterocycles. The lowest BCUT2D eigenvalue weighted by molar-refractivity contribution is -0.132. The summed E-state index contributed by atoms with van der Waals surface area (Å²) < 4.78 is 1.94. The number of carbonyl (C=O) groups excluding carboxylic acids is 1. The van der Waals surface area contributed by atoms with Crippen molar-refractivity contribution in [2.24, 2.45) is 0 Å². The first-order valence-corrected chi connectivity index (χ1v) is 10.8. The molecule has 5 rings (SSSR count). The summed E-state index contributed by atoms with van der Waals surface area (Å²) in [5.41, 5.74) is 5.07. The van der Waals surface area contributed by atoms with Crippen molar-refractivity contribution < 1.29 is 4.79 Å². The van der Waals surface area contributed by atoms with Crippen molar-refractivity contribution in [1.29, 1.82) is 0 Å². The van der Waals surface area contributed by atoms with Crippen molar-refractivity contribution in [2.75, 3.05) is 7.05 Å². The maximum atomic E-state index is 12.9. The van der Waals surface area contributed by atoms with Gasteiger partial charge in [0.05, 0.1) is 5.52 Å². The summed E-state index contributed by atoms with van der Waals surface area (Å²) >= 11 is 0. The standard InChI is InChI=1S/C23H29N5O.ClH/c1-14-19(15(2)28-23(24-14)20-6-4-5-7-21(20)26-28)10-11-22(29)27(3)18-12-16-8-9-17(13-18)25-16;/h4-7,16-18,25H,8-13H2,1-3H3;1H. The van der Waals surface area contributed by atoms with Crippen LogP contribution in [0.5, 0.6) is 0 Å². The van der Waals surface area contributed by atoms with Crippen molar-refractivity contribution in [1.82, 2.24) is 24.8 Å². The molecule has 0 aliphatic carbocycles. The molecule has 0 spiro atoms. The van der Waals surface area contributed by atoms with Gasteiger partial charge in [0, 0.05) is 48.4 Å². The van der Waals surface area contributed by atoms with Crippen LogP contribution in [0.25, 0.3) is 16.6 Å². The Morgan fingerprint density at radius 3 is 2.63 bits per heavy atom. The van der Waals surface area contributed by atoms with E-state index in [0.29, 0.717) is 31.0 Å². The van der Waals surface area contributed by atoms with Crippen LogP contribution in [0.15, 0.2) is 24.3 Å². The number of hydrogen-bond donors (Lipinski definition) is 1. The molecular weight excluding hydrogens is 398 g/mol. The summed E-state index contributed by atoms with van der Waals surface area (Å²) in [5, 5.41) is 9.46. The van der Waals surface area contributed by atoms with Crippen molar-refractivity contribution in [2.45, 2.75) is 70.5 Å². The number of halogens is 1. The molecule has 30 heavy (non-hydrogen) atoms. The molecule has 3 aromatic rings. The Labute approximate surface area is 183 Å². The van der Waals surface area contributed by atoms with Gasteiger partial charge < -0.3 is 10.2 Å². The summed E-state index contributed by atoms with van der Waals surface area (Å²) in [5.74, 6) is 0.237. The molecule has 1 aromatic carbocycles. The number of amides is 1. The first kappa shape index (κ1) is 21.1. The highest BCUT2D eigenvalue weighted by atomic mass is 35.5. The molecule has 2 aliphatic heterocycles. The van der Waals surface area contributed by atoms with Crippen LogP contribution in [0.1, 0.15) is 49.1 Å². The van der Waals surface area contributed by atoms with E-state index in [4.69, 9.17) is 10.1 Å². The fourth-order valence-electron chi connectivity index (χ4n) is 5.29. The molecule has 1 amide bonds. The van der Waals surface area contributed by atoms with E-state index in [-0.39, 0.29) is 18.3 Å². The van der Waals surface area contributed by atoms with Crippen LogP contribution in [-0.4, -0.2) is 50.6 Å². The van der Waals surface area contributed by atoms with Crippen LogP contribution in [0.4, 0.5) is 0 Å². The zero-order chi connectivity index (χ0) is 20.1. The summed E-state index contributed by atoms with van der Waals surface area (Å²) in [4.78, 5) is 19.8. The lowest BCUT2D eigenvalue weighted by atomic mass is 9.98. The van der Waals surface area contributed by atoms with Gasteiger partial charge >= 0.3 is 0 Å². The quantitative estimate of drug-likeness (QED) is 0.691. The smallest absolute Gasteiger partial charge is 0.222 e. The molecule has 2 aliphatic rings. The summed E-state index contributed by atoms with van der Waals surface area (Å²) in [6.07, 6.45) is 5.91. The van der Waals surface area contributed by atoms with Gasteiger partial charge in [-0.15, -0.1) is 12.4 Å². The number of benzene rings is 1. The number of fused-ring (bicyclic) bond motifs is 5. The number of hydrogen-bond acceptors (Lipinski definition) is 4. The topological polar surface area (TPSA) is 62.5 Å². The minimum absolute atomic E-state index is 0. The van der Waals surface area contributed by atoms with Gasteiger partial charge in [-0.1, -0.05) is 12.1 Å². The Bertz CT molecular complexity index is 1080. The number of aromatic nitrogens is 3. The first-order chi connectivity index (χ1) is 14.0. The van der Waals surface area contributed by atoms with Gasteiger partial charge in [0.1, 0.15) is 0 Å². The molecule has 2 fully saturated rings. The molecule has 2 atom stereocenters. The molecule has 160 valence electrons. The number of carbonyl (C=O) groups is 1. The number of rotatable bonds is 4. The molecule has 2 unspecified atom stereocenters. The van der Waals surface area contributed by atoms with E-state index in [9.17, 15) is 4.79 Å². The summed E-state index contributed by atoms with van der Waals surface area (Å²) in [6.45, 7) is 4.13. The number of aryl methyl sites for hydroxylation is 2. The molecule has 7 heteroatoms. The number of nitrogens with one attached hydrogen (secondary N) is 1. The van der Waals surface area contributed by atoms with E-state index in [1.807, 2.05) is 41.6 Å². The second kappa shape index (κ2) is 8.16. The maximum absolute atomic E-state index is 12.9. The molecular formula is C23H30ClN5O. The van der Waals surface area contributed by atoms with Crippen molar-refractivity contribution in [3.8, 4) is 0 Å². The van der Waals surface area contributed by atoms with Crippen molar-refractivity contribution in [3.05, 3.63) is 41.2 Å². The van der Waals surface area contributed by atoms with Crippen molar-refractivity contribution >= 4 is 34.9 Å². The Hall–Kier alpha value is -2.18. The normalized spacial score (nSPS) is 23.0. The third-order valence-corrected chi connectivity index (χ3v) is 7.00. The summed E-state index contributed by atoms with van der Waals surface area (Å²) in [6, 6.07) is 9.67. The fourth-order valence-corrected chi connectivity index (χ4v) is 5.29. The average Bonchev–Trinajstić information content (AvgIpc) is 3.26. The highest BCUT2D eigenvalue weighted by Gasteiger charge is 2.36. The third kappa shape index (κ3) is 3.56. The van der Waals surface area contributed by atoms with Gasteiger partial charge in [0.2, 0.25) is 5.91 Å². The second-order valence-corrected chi connectivity index (χ2v) is 8.78. The van der Waals surface area contributed by atoms with E-state index in [0.717, 1.165) is 46.3 Å². The third-order valence-electron chi connectivity index (χ3n) is 7.00. The van der Waals surface area contributed by atoms with Crippen LogP contribution in [0.3, 0.4) is 0 Å². The fraction of sp³-hybridized carbons (Fsp3) is 0.522. The lowest BCUT2D eigenvalue weighted by Gasteiger charge is -2.35. The van der Waals surface area contributed by atoms with Crippen LogP contribution >= 0.6 is 12.4 Å². The second-order valence-electron chi connectivity index (χ2n) is 8.78. The van der Waals surface area contributed by atoms with Crippen LogP contribution in [-0.2, 0) is 11.2 Å². The van der Waals surface area contributed by atoms with E-state index >= 15 is 0 Å². The zero-order valence-corrected chi connectivity index (χ0v) is 18.7. The Balaban J connectivity index is 0.00000218. The van der Waals surface area contributed by atoms with Crippen molar-refractivity contribution in [3.63, 3.8) is 0 Å². The minimum Gasteiger partial charge on any atom is -0.343 e. The number of piperidine rings is 1. The Morgan fingerprint density at radius 1 is 1.20 bits per heavy atom. The average molecular weight is 428 g/mol. The van der Waals surface area contributed by atoms with Gasteiger partial charge in [-0.25, -0.2) is 9.50 Å². The van der Waals surface area contributed by atoms with Crippen LogP contribution < -0.4 is 5.32 Å².